The summed E-state index contributed by atoms with van der Waals surface area (Å²) < 4.78 is 0. The number of carbonyl (C=O) groups excluding carboxylic acids is 2. The van der Waals surface area contributed by atoms with E-state index in [1.807, 2.05) is 74.5 Å². The zero-order valence-corrected chi connectivity index (χ0v) is 16.4. The fraction of sp³-hybridized carbons (Fsp3) is 0.167. The lowest BCUT2D eigenvalue weighted by atomic mass is 10.0. The van der Waals surface area contributed by atoms with E-state index in [0.29, 0.717) is 0 Å². The summed E-state index contributed by atoms with van der Waals surface area (Å²) in [6, 6.07) is 23.2. The zero-order valence-electron chi connectivity index (χ0n) is 16.4. The van der Waals surface area contributed by atoms with Crippen LogP contribution >= 0.6 is 0 Å². The van der Waals surface area contributed by atoms with Gasteiger partial charge in [0, 0.05) is 0 Å². The summed E-state index contributed by atoms with van der Waals surface area (Å²) >= 11 is 0. The molecular formula is C24H24N2O3. The first-order chi connectivity index (χ1) is 14.0. The molecule has 2 unspecified atom stereocenters. The molecule has 0 saturated carbocycles. The van der Waals surface area contributed by atoms with E-state index < -0.39 is 11.8 Å². The number of benzene rings is 3. The molecule has 0 radical (unpaired) electrons. The van der Waals surface area contributed by atoms with Crippen LogP contribution in [0.25, 0.3) is 0 Å². The van der Waals surface area contributed by atoms with Crippen LogP contribution in [0.4, 0.5) is 0 Å². The Morgan fingerprint density at radius 2 is 1.03 bits per heavy atom. The van der Waals surface area contributed by atoms with Crippen molar-refractivity contribution in [2.45, 2.75) is 25.9 Å². The minimum absolute atomic E-state index is 0.0628. The Morgan fingerprint density at radius 1 is 0.655 bits per heavy atom. The third kappa shape index (κ3) is 4.82. The van der Waals surface area contributed by atoms with Crippen molar-refractivity contribution < 1.29 is 14.7 Å². The van der Waals surface area contributed by atoms with Crippen molar-refractivity contribution >= 4 is 11.8 Å². The number of para-hydroxylation sites is 1. The normalized spacial score (nSPS) is 12.6. The van der Waals surface area contributed by atoms with Gasteiger partial charge >= 0.3 is 0 Å². The van der Waals surface area contributed by atoms with Crippen molar-refractivity contribution in [2.75, 3.05) is 0 Å². The number of aromatic hydroxyl groups is 1. The number of rotatable bonds is 6. The maximum absolute atomic E-state index is 12.7. The zero-order chi connectivity index (χ0) is 20.8. The Labute approximate surface area is 170 Å². The third-order valence-electron chi connectivity index (χ3n) is 4.82. The number of phenols is 1. The number of carbonyl (C=O) groups is 2. The Kier molecular flexibility index (Phi) is 6.29. The van der Waals surface area contributed by atoms with Crippen LogP contribution in [0.15, 0.2) is 78.9 Å². The summed E-state index contributed by atoms with van der Waals surface area (Å²) in [7, 11) is 0. The predicted octanol–water partition coefficient (Wildman–Crippen LogP) is 4.37. The maximum atomic E-state index is 12.7. The van der Waals surface area contributed by atoms with Gasteiger partial charge in [-0.05, 0) is 37.1 Å². The highest BCUT2D eigenvalue weighted by Gasteiger charge is 2.21. The van der Waals surface area contributed by atoms with Crippen LogP contribution in [0.5, 0.6) is 5.75 Å². The standard InChI is InChI=1S/C24H24N2O3/c1-16(18-10-5-3-6-11-18)25-23(28)20-14-9-15-21(22(20)27)24(29)26-17(2)19-12-7-4-8-13-19/h3-17,27H,1-2H3,(H,25,28)(H,26,29). The fourth-order valence-corrected chi connectivity index (χ4v) is 3.11. The molecule has 5 heteroatoms. The number of hydrogen-bond donors (Lipinski definition) is 3. The molecule has 148 valence electrons. The van der Waals surface area contributed by atoms with E-state index in [9.17, 15) is 14.7 Å². The number of phenolic OH excluding ortho intramolecular Hbond substituents is 1. The minimum Gasteiger partial charge on any atom is -0.506 e. The quantitative estimate of drug-likeness (QED) is 0.587. The molecule has 0 fully saturated rings. The van der Waals surface area contributed by atoms with Crippen molar-refractivity contribution in [3.63, 3.8) is 0 Å². The van der Waals surface area contributed by atoms with Crippen LogP contribution in [0.3, 0.4) is 0 Å². The summed E-state index contributed by atoms with van der Waals surface area (Å²) in [5.74, 6) is -1.21. The lowest BCUT2D eigenvalue weighted by molar-refractivity contribution is 0.0935. The van der Waals surface area contributed by atoms with E-state index >= 15 is 0 Å². The molecule has 0 aliphatic carbocycles. The third-order valence-corrected chi connectivity index (χ3v) is 4.82. The Bertz CT molecular complexity index is 910. The van der Waals surface area contributed by atoms with Crippen molar-refractivity contribution in [3.8, 4) is 5.75 Å². The van der Waals surface area contributed by atoms with E-state index in [2.05, 4.69) is 10.6 Å². The first kappa shape index (κ1) is 20.1. The number of nitrogens with one attached hydrogen (secondary N) is 2. The molecule has 0 aromatic heterocycles. The van der Waals surface area contributed by atoms with Gasteiger partial charge < -0.3 is 15.7 Å². The number of hydrogen-bond acceptors (Lipinski definition) is 3. The monoisotopic (exact) mass is 388 g/mol. The lowest BCUT2D eigenvalue weighted by Gasteiger charge is -2.17. The van der Waals surface area contributed by atoms with Crippen LogP contribution in [0, 0.1) is 0 Å². The molecule has 29 heavy (non-hydrogen) atoms. The molecule has 0 heterocycles. The highest BCUT2D eigenvalue weighted by atomic mass is 16.3. The molecule has 0 bridgehead atoms. The molecular weight excluding hydrogens is 364 g/mol. The van der Waals surface area contributed by atoms with E-state index in [1.54, 1.807) is 6.07 Å². The minimum atomic E-state index is -0.440. The summed E-state index contributed by atoms with van der Waals surface area (Å²) in [6.07, 6.45) is 0. The van der Waals surface area contributed by atoms with Crippen molar-refractivity contribution in [2.24, 2.45) is 0 Å². The molecule has 3 aromatic rings. The highest BCUT2D eigenvalue weighted by Crippen LogP contribution is 2.24. The largest absolute Gasteiger partial charge is 0.506 e. The topological polar surface area (TPSA) is 78.4 Å². The van der Waals surface area contributed by atoms with Crippen molar-refractivity contribution in [1.82, 2.24) is 10.6 Å². The van der Waals surface area contributed by atoms with Gasteiger partial charge in [-0.25, -0.2) is 0 Å². The summed E-state index contributed by atoms with van der Waals surface area (Å²) in [4.78, 5) is 25.3. The number of amides is 2. The molecule has 3 N–H and O–H groups in total. The van der Waals surface area contributed by atoms with E-state index in [4.69, 9.17) is 0 Å². The predicted molar refractivity (Wildman–Crippen MR) is 113 cm³/mol. The van der Waals surface area contributed by atoms with Gasteiger partial charge in [-0.3, -0.25) is 9.59 Å². The van der Waals surface area contributed by atoms with Gasteiger partial charge in [-0.15, -0.1) is 0 Å². The average molecular weight is 388 g/mol. The SMILES string of the molecule is CC(NC(=O)c1cccc(C(=O)NC(C)c2ccccc2)c1O)c1ccccc1. The molecule has 2 amide bonds. The highest BCUT2D eigenvalue weighted by molar-refractivity contribution is 6.04. The van der Waals surface area contributed by atoms with Crippen LogP contribution in [0.1, 0.15) is 57.8 Å². The second-order valence-corrected chi connectivity index (χ2v) is 6.91. The Balaban J connectivity index is 1.74. The van der Waals surface area contributed by atoms with Gasteiger partial charge in [0.2, 0.25) is 0 Å². The van der Waals surface area contributed by atoms with Gasteiger partial charge in [0.25, 0.3) is 11.8 Å². The fourth-order valence-electron chi connectivity index (χ4n) is 3.11. The molecule has 3 rings (SSSR count). The van der Waals surface area contributed by atoms with E-state index in [0.717, 1.165) is 11.1 Å². The van der Waals surface area contributed by atoms with Crippen molar-refractivity contribution in [3.05, 3.63) is 101 Å². The molecule has 0 aliphatic heterocycles. The summed E-state index contributed by atoms with van der Waals surface area (Å²) in [6.45, 7) is 3.73. The molecule has 3 aromatic carbocycles. The van der Waals surface area contributed by atoms with Crippen LogP contribution in [-0.4, -0.2) is 16.9 Å². The average Bonchev–Trinajstić information content (AvgIpc) is 2.74. The Hall–Kier alpha value is -3.60. The van der Waals surface area contributed by atoms with Crippen LogP contribution in [0.2, 0.25) is 0 Å². The first-order valence-electron chi connectivity index (χ1n) is 9.51. The van der Waals surface area contributed by atoms with Crippen molar-refractivity contribution in [1.29, 1.82) is 0 Å². The van der Waals surface area contributed by atoms with Gasteiger partial charge in [-0.1, -0.05) is 66.7 Å². The second-order valence-electron chi connectivity index (χ2n) is 6.91. The lowest BCUT2D eigenvalue weighted by Crippen LogP contribution is -2.29. The molecule has 0 aliphatic rings. The first-order valence-corrected chi connectivity index (χ1v) is 9.51. The van der Waals surface area contributed by atoms with Gasteiger partial charge in [0.1, 0.15) is 5.75 Å². The summed E-state index contributed by atoms with van der Waals surface area (Å²) in [5, 5.41) is 16.3. The molecule has 0 spiro atoms. The van der Waals surface area contributed by atoms with E-state index in [-0.39, 0.29) is 29.0 Å². The smallest absolute Gasteiger partial charge is 0.255 e. The van der Waals surface area contributed by atoms with E-state index in [1.165, 1.54) is 12.1 Å². The van der Waals surface area contributed by atoms with Gasteiger partial charge in [0.05, 0.1) is 23.2 Å². The van der Waals surface area contributed by atoms with Gasteiger partial charge in [0.15, 0.2) is 0 Å². The van der Waals surface area contributed by atoms with Gasteiger partial charge in [-0.2, -0.15) is 0 Å². The second kappa shape index (κ2) is 9.06. The molecule has 2 atom stereocenters. The Morgan fingerprint density at radius 3 is 1.41 bits per heavy atom. The van der Waals surface area contributed by atoms with Crippen LogP contribution < -0.4 is 10.6 Å². The van der Waals surface area contributed by atoms with Crippen LogP contribution in [-0.2, 0) is 0 Å². The summed E-state index contributed by atoms with van der Waals surface area (Å²) in [5.41, 5.74) is 2.03. The maximum Gasteiger partial charge on any atom is 0.255 e. The molecule has 5 nitrogen and oxygen atoms in total. The molecule has 0 saturated heterocycles.